The number of rotatable bonds is 7. The van der Waals surface area contributed by atoms with Crippen LogP contribution >= 0.6 is 0 Å². The maximum atomic E-state index is 12.7. The molecule has 180 valence electrons. The molecule has 4 aromatic rings. The molecule has 0 aliphatic rings. The Kier molecular flexibility index (Phi) is 6.86. The van der Waals surface area contributed by atoms with Crippen LogP contribution < -0.4 is 15.1 Å². The first-order valence-corrected chi connectivity index (χ1v) is 12.5. The Balaban J connectivity index is 1.52. The van der Waals surface area contributed by atoms with E-state index in [1.165, 1.54) is 25.1 Å². The fourth-order valence-corrected chi connectivity index (χ4v) is 4.91. The SMILES string of the molecule is Cc1ccc(S(=O)(=O)N[C@H](C)C(=O)Oc2ccc3c(C)c(Cc4ccccc4)c(=O)oc3c2)cc1. The highest BCUT2D eigenvalue weighted by atomic mass is 32.2. The first kappa shape index (κ1) is 24.4. The molecule has 0 saturated heterocycles. The van der Waals surface area contributed by atoms with Crippen LogP contribution in [0.3, 0.4) is 0 Å². The third kappa shape index (κ3) is 5.50. The van der Waals surface area contributed by atoms with Gasteiger partial charge in [-0.15, -0.1) is 0 Å². The van der Waals surface area contributed by atoms with E-state index in [9.17, 15) is 18.0 Å². The first-order valence-electron chi connectivity index (χ1n) is 11.0. The zero-order chi connectivity index (χ0) is 25.2. The van der Waals surface area contributed by atoms with Crippen LogP contribution in [0.4, 0.5) is 0 Å². The van der Waals surface area contributed by atoms with Crippen molar-refractivity contribution >= 4 is 27.0 Å². The molecule has 0 unspecified atom stereocenters. The van der Waals surface area contributed by atoms with Crippen LogP contribution in [0.1, 0.15) is 29.2 Å². The van der Waals surface area contributed by atoms with Gasteiger partial charge in [-0.3, -0.25) is 0 Å². The van der Waals surface area contributed by atoms with Crippen molar-refractivity contribution in [3.63, 3.8) is 0 Å². The van der Waals surface area contributed by atoms with Crippen molar-refractivity contribution in [2.75, 3.05) is 0 Å². The van der Waals surface area contributed by atoms with Gasteiger partial charge in [0.05, 0.1) is 4.90 Å². The smallest absolute Gasteiger partial charge is 0.340 e. The fraction of sp³-hybridized carbons (Fsp3) is 0.185. The van der Waals surface area contributed by atoms with Crippen molar-refractivity contribution in [1.82, 2.24) is 4.72 Å². The molecule has 0 fully saturated rings. The largest absolute Gasteiger partial charge is 0.425 e. The van der Waals surface area contributed by atoms with Gasteiger partial charge in [-0.1, -0.05) is 48.0 Å². The summed E-state index contributed by atoms with van der Waals surface area (Å²) in [7, 11) is -3.90. The molecule has 0 spiro atoms. The number of nitrogens with one attached hydrogen (secondary N) is 1. The van der Waals surface area contributed by atoms with Crippen molar-refractivity contribution in [3.8, 4) is 5.75 Å². The summed E-state index contributed by atoms with van der Waals surface area (Å²) in [6.07, 6.45) is 0.445. The topological polar surface area (TPSA) is 103 Å². The molecule has 3 aromatic carbocycles. The summed E-state index contributed by atoms with van der Waals surface area (Å²) in [6.45, 7) is 5.10. The molecular weight excluding hydrogens is 466 g/mol. The van der Waals surface area contributed by atoms with Crippen LogP contribution in [0, 0.1) is 13.8 Å². The summed E-state index contributed by atoms with van der Waals surface area (Å²) in [5.41, 5.74) is 3.09. The molecule has 8 heteroatoms. The Hall–Kier alpha value is -3.75. The van der Waals surface area contributed by atoms with Gasteiger partial charge in [-0.2, -0.15) is 4.72 Å². The molecule has 1 atom stereocenters. The van der Waals surface area contributed by atoms with Crippen molar-refractivity contribution in [2.45, 2.75) is 38.1 Å². The Morgan fingerprint density at radius 1 is 1.00 bits per heavy atom. The van der Waals surface area contributed by atoms with Crippen LogP contribution in [0.25, 0.3) is 11.0 Å². The second kappa shape index (κ2) is 9.85. The molecule has 0 radical (unpaired) electrons. The number of aryl methyl sites for hydroxylation is 2. The number of carbonyl (C=O) groups is 1. The number of hydrogen-bond donors (Lipinski definition) is 1. The molecule has 35 heavy (non-hydrogen) atoms. The van der Waals surface area contributed by atoms with E-state index in [2.05, 4.69) is 4.72 Å². The van der Waals surface area contributed by atoms with Crippen LogP contribution in [0.5, 0.6) is 5.75 Å². The highest BCUT2D eigenvalue weighted by Crippen LogP contribution is 2.25. The van der Waals surface area contributed by atoms with Gasteiger partial charge >= 0.3 is 11.6 Å². The maximum Gasteiger partial charge on any atom is 0.340 e. The number of benzene rings is 3. The number of esters is 1. The number of sulfonamides is 1. The van der Waals surface area contributed by atoms with Crippen molar-refractivity contribution in [1.29, 1.82) is 0 Å². The van der Waals surface area contributed by atoms with E-state index in [-0.39, 0.29) is 16.2 Å². The number of fused-ring (bicyclic) bond motifs is 1. The standard InChI is InChI=1S/C27H25NO6S/c1-17-9-12-22(13-10-17)35(31,32)28-19(3)26(29)33-21-11-14-23-18(2)24(27(30)34-25(23)16-21)15-20-7-5-4-6-8-20/h4-14,16,19,28H,15H2,1-3H3/t19-/m1/s1. The fourth-order valence-electron chi connectivity index (χ4n) is 3.71. The summed E-state index contributed by atoms with van der Waals surface area (Å²) in [6, 6.07) is 19.5. The average Bonchev–Trinajstić information content (AvgIpc) is 2.82. The number of carbonyl (C=O) groups excluding carboxylic acids is 1. The molecule has 0 saturated carbocycles. The zero-order valence-corrected chi connectivity index (χ0v) is 20.4. The maximum absolute atomic E-state index is 12.7. The minimum Gasteiger partial charge on any atom is -0.425 e. The number of hydrogen-bond acceptors (Lipinski definition) is 6. The molecule has 0 aliphatic heterocycles. The molecule has 1 heterocycles. The second-order valence-corrected chi connectivity index (χ2v) is 10.1. The molecule has 1 aromatic heterocycles. The van der Waals surface area contributed by atoms with Crippen LogP contribution in [0.2, 0.25) is 0 Å². The summed E-state index contributed by atoms with van der Waals surface area (Å²) in [5.74, 6) is -0.651. The van der Waals surface area contributed by atoms with Crippen molar-refractivity contribution in [3.05, 3.63) is 105 Å². The quantitative estimate of drug-likeness (QED) is 0.235. The predicted octanol–water partition coefficient (Wildman–Crippen LogP) is 4.27. The minimum atomic E-state index is -3.90. The molecule has 1 N–H and O–H groups in total. The van der Waals surface area contributed by atoms with Crippen LogP contribution in [0.15, 0.2) is 86.9 Å². The minimum absolute atomic E-state index is 0.0528. The highest BCUT2D eigenvalue weighted by molar-refractivity contribution is 7.89. The Labute approximate surface area is 203 Å². The lowest BCUT2D eigenvalue weighted by Gasteiger charge is -2.14. The molecule has 0 bridgehead atoms. The predicted molar refractivity (Wildman–Crippen MR) is 133 cm³/mol. The van der Waals surface area contributed by atoms with E-state index in [1.807, 2.05) is 44.2 Å². The molecular formula is C27H25NO6S. The molecule has 4 rings (SSSR count). The number of ether oxygens (including phenoxy) is 1. The summed E-state index contributed by atoms with van der Waals surface area (Å²) < 4.78 is 38.3. The highest BCUT2D eigenvalue weighted by Gasteiger charge is 2.24. The van der Waals surface area contributed by atoms with Gasteiger partial charge in [0.2, 0.25) is 10.0 Å². The molecule has 0 aliphatic carbocycles. The zero-order valence-electron chi connectivity index (χ0n) is 19.6. The Morgan fingerprint density at radius 3 is 2.37 bits per heavy atom. The Bertz CT molecular complexity index is 1540. The van der Waals surface area contributed by atoms with Crippen LogP contribution in [-0.2, 0) is 21.2 Å². The van der Waals surface area contributed by atoms with Gasteiger partial charge in [0.25, 0.3) is 0 Å². The summed E-state index contributed by atoms with van der Waals surface area (Å²) in [4.78, 5) is 25.3. The van der Waals surface area contributed by atoms with Gasteiger partial charge in [0, 0.05) is 23.4 Å². The van der Waals surface area contributed by atoms with E-state index in [4.69, 9.17) is 9.15 Å². The summed E-state index contributed by atoms with van der Waals surface area (Å²) >= 11 is 0. The van der Waals surface area contributed by atoms with E-state index in [0.29, 0.717) is 12.0 Å². The lowest BCUT2D eigenvalue weighted by atomic mass is 10.00. The molecule has 0 amide bonds. The monoisotopic (exact) mass is 491 g/mol. The second-order valence-electron chi connectivity index (χ2n) is 8.39. The molecule has 7 nitrogen and oxygen atoms in total. The van der Waals surface area contributed by atoms with E-state index in [1.54, 1.807) is 24.3 Å². The van der Waals surface area contributed by atoms with E-state index in [0.717, 1.165) is 22.1 Å². The van der Waals surface area contributed by atoms with Gasteiger partial charge in [0.1, 0.15) is 17.4 Å². The van der Waals surface area contributed by atoms with E-state index < -0.39 is 27.7 Å². The van der Waals surface area contributed by atoms with E-state index >= 15 is 0 Å². The summed E-state index contributed by atoms with van der Waals surface area (Å²) in [5, 5.41) is 0.725. The van der Waals surface area contributed by atoms with Gasteiger partial charge in [-0.25, -0.2) is 18.0 Å². The van der Waals surface area contributed by atoms with Gasteiger partial charge < -0.3 is 9.15 Å². The van der Waals surface area contributed by atoms with Gasteiger partial charge in [-0.05, 0) is 56.2 Å². The van der Waals surface area contributed by atoms with Gasteiger partial charge in [0.15, 0.2) is 0 Å². The third-order valence-electron chi connectivity index (χ3n) is 5.72. The normalized spacial score (nSPS) is 12.4. The third-order valence-corrected chi connectivity index (χ3v) is 7.27. The van der Waals surface area contributed by atoms with Crippen molar-refractivity contribution < 1.29 is 22.4 Å². The lowest BCUT2D eigenvalue weighted by Crippen LogP contribution is -2.40. The first-order chi connectivity index (χ1) is 16.6. The lowest BCUT2D eigenvalue weighted by molar-refractivity contribution is -0.135. The van der Waals surface area contributed by atoms with Crippen molar-refractivity contribution in [2.24, 2.45) is 0 Å². The van der Waals surface area contributed by atoms with Crippen LogP contribution in [-0.4, -0.2) is 20.4 Å². The average molecular weight is 492 g/mol. The Morgan fingerprint density at radius 2 is 1.69 bits per heavy atom.